The van der Waals surface area contributed by atoms with Gasteiger partial charge in [-0.1, -0.05) is 95.3 Å². The number of urea groups is 3. The molecule has 0 saturated heterocycles. The van der Waals surface area contributed by atoms with E-state index in [9.17, 15) is 37.2 Å². The molecule has 0 aromatic heterocycles. The third-order valence-corrected chi connectivity index (χ3v) is 12.0. The number of carbonyl (C=O) groups excluding carboxylic acids is 6. The maximum Gasteiger partial charge on any atom is 0.319 e. The van der Waals surface area contributed by atoms with Crippen LogP contribution in [0.1, 0.15) is 67.7 Å². The summed E-state index contributed by atoms with van der Waals surface area (Å²) in [6.07, 6.45) is 3.27. The van der Waals surface area contributed by atoms with Gasteiger partial charge in [0.1, 0.15) is 19.8 Å². The number of fused-ring (bicyclic) bond motifs is 2. The minimum absolute atomic E-state index is 0.101. The van der Waals surface area contributed by atoms with Crippen molar-refractivity contribution in [3.8, 4) is 0 Å². The monoisotopic (exact) mass is 984 g/mol. The fourth-order valence-electron chi connectivity index (χ4n) is 5.74. The van der Waals surface area contributed by atoms with E-state index in [0.717, 1.165) is 45.6 Å². The highest BCUT2D eigenvalue weighted by atomic mass is 32.2. The summed E-state index contributed by atoms with van der Waals surface area (Å²) in [6, 6.07) is 32.1. The van der Waals surface area contributed by atoms with E-state index in [4.69, 9.17) is 14.2 Å². The summed E-state index contributed by atoms with van der Waals surface area (Å²) in [4.78, 5) is 70.2. The number of ether oxygens (including phenoxy) is 3. The maximum atomic E-state index is 11.9. The van der Waals surface area contributed by atoms with Gasteiger partial charge in [0.2, 0.25) is 0 Å². The zero-order valence-corrected chi connectivity index (χ0v) is 42.1. The predicted octanol–water partition coefficient (Wildman–Crippen LogP) is 9.29. The summed E-state index contributed by atoms with van der Waals surface area (Å²) in [5, 5.41) is 20.3. The Labute approximate surface area is 411 Å². The van der Waals surface area contributed by atoms with Crippen molar-refractivity contribution in [1.29, 1.82) is 0 Å². The van der Waals surface area contributed by atoms with Crippen LogP contribution in [-0.4, -0.2) is 90.1 Å². The maximum absolute atomic E-state index is 11.9. The van der Waals surface area contributed by atoms with Crippen LogP contribution >= 0.6 is 0 Å². The van der Waals surface area contributed by atoms with Crippen LogP contribution in [0.25, 0.3) is 21.5 Å². The SMILES string of the molecule is CCC(C)(C)C(=O)OCCNC(=O)Nc1ccc2ccccc2c1.CCC(C)C(=O)OCCNC(=O)Nc1ccc(S(C)(=O)=O)cc1.CCC(C)C(=O)OCCNC(=O)Nc1ccc2ccccc2c1. The lowest BCUT2D eigenvalue weighted by molar-refractivity contribution is -0.154. The molecule has 0 aliphatic carbocycles. The van der Waals surface area contributed by atoms with Gasteiger partial charge in [-0.3, -0.25) is 14.4 Å². The summed E-state index contributed by atoms with van der Waals surface area (Å²) in [6.45, 7) is 14.2. The van der Waals surface area contributed by atoms with Gasteiger partial charge in [-0.2, -0.15) is 0 Å². The van der Waals surface area contributed by atoms with Gasteiger partial charge in [-0.15, -0.1) is 0 Å². The standard InChI is InChI=1S/C19H24N2O3.C18H22N2O3.C15H22N2O5S/c1-4-19(2,3)17(22)24-12-11-20-18(23)21-16-10-9-14-7-5-6-8-15(14)13-16;1-3-13(2)17(21)23-11-10-19-18(22)20-16-9-8-14-6-4-5-7-15(14)12-16;1-4-11(2)14(18)22-10-9-16-15(19)17-12-5-7-13(8-6-12)23(3,20)21/h5-10,13H,4,11-12H2,1-3H3,(H2,20,21,23);4-9,12-13H,3,10-11H2,1-2H3,(H2,19,20,22);5-8,11H,4,9-10H2,1-3H3,(H2,16,17,19). The molecular formula is C52H68N6O11S. The summed E-state index contributed by atoms with van der Waals surface area (Å²) < 4.78 is 37.9. The lowest BCUT2D eigenvalue weighted by Crippen LogP contribution is -2.34. The zero-order chi connectivity index (χ0) is 51.7. The van der Waals surface area contributed by atoms with E-state index in [-0.39, 0.29) is 86.2 Å². The molecule has 0 spiro atoms. The van der Waals surface area contributed by atoms with Crippen LogP contribution in [0.2, 0.25) is 0 Å². The third-order valence-electron chi connectivity index (χ3n) is 10.9. The minimum atomic E-state index is -3.26. The summed E-state index contributed by atoms with van der Waals surface area (Å²) in [5.74, 6) is -1.03. The first-order valence-corrected chi connectivity index (χ1v) is 25.1. The fourth-order valence-corrected chi connectivity index (χ4v) is 6.37. The molecule has 17 nitrogen and oxygen atoms in total. The van der Waals surface area contributed by atoms with Gasteiger partial charge in [0.25, 0.3) is 0 Å². The van der Waals surface area contributed by atoms with Gasteiger partial charge in [0.15, 0.2) is 9.84 Å². The number of rotatable bonds is 19. The zero-order valence-electron chi connectivity index (χ0n) is 41.3. The summed E-state index contributed by atoms with van der Waals surface area (Å²) in [7, 11) is -3.26. The topological polar surface area (TPSA) is 236 Å². The third kappa shape index (κ3) is 20.6. The second-order valence-corrected chi connectivity index (χ2v) is 18.9. The van der Waals surface area contributed by atoms with Crippen molar-refractivity contribution in [3.63, 3.8) is 0 Å². The number of amides is 6. The molecular weight excluding hydrogens is 917 g/mol. The van der Waals surface area contributed by atoms with Crippen molar-refractivity contribution in [2.75, 3.05) is 61.7 Å². The normalized spacial score (nSPS) is 11.7. The van der Waals surface area contributed by atoms with Crippen LogP contribution < -0.4 is 31.9 Å². The smallest absolute Gasteiger partial charge is 0.319 e. The van der Waals surface area contributed by atoms with Crippen LogP contribution in [-0.2, 0) is 38.4 Å². The molecule has 0 fully saturated rings. The quantitative estimate of drug-likeness (QED) is 0.0259. The Balaban J connectivity index is 0.000000278. The number of sulfone groups is 1. The first-order chi connectivity index (χ1) is 33.3. The molecule has 0 bridgehead atoms. The minimum Gasteiger partial charge on any atom is -0.464 e. The molecule has 5 aromatic rings. The van der Waals surface area contributed by atoms with Crippen molar-refractivity contribution in [2.24, 2.45) is 17.3 Å². The molecule has 18 heteroatoms. The van der Waals surface area contributed by atoms with Gasteiger partial charge in [-0.25, -0.2) is 22.8 Å². The lowest BCUT2D eigenvalue weighted by atomic mass is 9.91. The van der Waals surface area contributed by atoms with Gasteiger partial charge < -0.3 is 46.1 Å². The van der Waals surface area contributed by atoms with Crippen molar-refractivity contribution in [1.82, 2.24) is 16.0 Å². The van der Waals surface area contributed by atoms with E-state index in [0.29, 0.717) is 18.5 Å². The van der Waals surface area contributed by atoms with E-state index in [1.165, 1.54) is 24.3 Å². The Hall–Kier alpha value is -7.21. The van der Waals surface area contributed by atoms with Gasteiger partial charge >= 0.3 is 36.0 Å². The highest BCUT2D eigenvalue weighted by molar-refractivity contribution is 7.90. The molecule has 5 rings (SSSR count). The Kier molecular flexibility index (Phi) is 23.6. The van der Waals surface area contributed by atoms with Crippen LogP contribution in [0.5, 0.6) is 0 Å². The second-order valence-electron chi connectivity index (χ2n) is 16.9. The number of hydrogen-bond acceptors (Lipinski definition) is 11. The Morgan fingerprint density at radius 1 is 0.514 bits per heavy atom. The molecule has 6 amide bonds. The largest absolute Gasteiger partial charge is 0.464 e. The predicted molar refractivity (Wildman–Crippen MR) is 274 cm³/mol. The molecule has 0 aliphatic rings. The molecule has 2 unspecified atom stereocenters. The van der Waals surface area contributed by atoms with Crippen molar-refractivity contribution in [2.45, 2.75) is 72.6 Å². The lowest BCUT2D eigenvalue weighted by Gasteiger charge is -2.20. The molecule has 0 radical (unpaired) electrons. The molecule has 70 heavy (non-hydrogen) atoms. The number of carbonyl (C=O) groups is 6. The molecule has 5 aromatic carbocycles. The van der Waals surface area contributed by atoms with E-state index in [2.05, 4.69) is 31.9 Å². The molecule has 0 aliphatic heterocycles. The van der Waals surface area contributed by atoms with E-state index in [1.807, 2.05) is 126 Å². The van der Waals surface area contributed by atoms with Gasteiger partial charge in [-0.05, 0) is 103 Å². The van der Waals surface area contributed by atoms with Crippen LogP contribution in [0.3, 0.4) is 0 Å². The highest BCUT2D eigenvalue weighted by Crippen LogP contribution is 2.22. The van der Waals surface area contributed by atoms with Crippen molar-refractivity contribution in [3.05, 3.63) is 109 Å². The Bertz CT molecular complexity index is 2620. The first kappa shape index (κ1) is 57.1. The first-order valence-electron chi connectivity index (χ1n) is 23.2. The van der Waals surface area contributed by atoms with Crippen LogP contribution in [0.4, 0.5) is 31.4 Å². The average Bonchev–Trinajstić information content (AvgIpc) is 3.34. The van der Waals surface area contributed by atoms with Crippen LogP contribution in [0.15, 0.2) is 114 Å². The molecule has 0 heterocycles. The van der Waals surface area contributed by atoms with Crippen molar-refractivity contribution >= 4 is 84.4 Å². The van der Waals surface area contributed by atoms with E-state index in [1.54, 1.807) is 6.92 Å². The fraction of sp³-hybridized carbons (Fsp3) is 0.385. The van der Waals surface area contributed by atoms with Gasteiger partial charge in [0, 0.05) is 23.3 Å². The number of benzene rings is 5. The van der Waals surface area contributed by atoms with Crippen molar-refractivity contribution < 1.29 is 51.4 Å². The Morgan fingerprint density at radius 3 is 1.24 bits per heavy atom. The molecule has 0 saturated carbocycles. The van der Waals surface area contributed by atoms with E-state index >= 15 is 0 Å². The number of nitrogens with one attached hydrogen (secondary N) is 6. The summed E-state index contributed by atoms with van der Waals surface area (Å²) in [5.41, 5.74) is 1.41. The summed E-state index contributed by atoms with van der Waals surface area (Å²) >= 11 is 0. The molecule has 6 N–H and O–H groups in total. The molecule has 2 atom stereocenters. The Morgan fingerprint density at radius 2 is 0.871 bits per heavy atom. The number of hydrogen-bond donors (Lipinski definition) is 6. The van der Waals surface area contributed by atoms with Crippen LogP contribution in [0, 0.1) is 17.3 Å². The van der Waals surface area contributed by atoms with Gasteiger partial charge in [0.05, 0.1) is 41.8 Å². The van der Waals surface area contributed by atoms with E-state index < -0.39 is 21.3 Å². The highest BCUT2D eigenvalue weighted by Gasteiger charge is 2.26. The average molecular weight is 985 g/mol. The number of esters is 3. The second kappa shape index (κ2) is 29.0. The number of anilines is 3. The molecule has 378 valence electrons.